The third-order valence-electron chi connectivity index (χ3n) is 4.28. The summed E-state index contributed by atoms with van der Waals surface area (Å²) in [5.74, 6) is -0.901. The lowest BCUT2D eigenvalue weighted by Crippen LogP contribution is -2.45. The molecule has 8 heteroatoms. The van der Waals surface area contributed by atoms with Crippen LogP contribution in [0.15, 0.2) is 22.6 Å². The van der Waals surface area contributed by atoms with Crippen LogP contribution in [0.4, 0.5) is 5.88 Å². The number of nitrogens with zero attached hydrogens (tertiary/aromatic N) is 1. The van der Waals surface area contributed by atoms with Crippen LogP contribution in [0.5, 0.6) is 0 Å². The molecular weight excluding hydrogens is 328 g/mol. The summed E-state index contributed by atoms with van der Waals surface area (Å²) in [6.45, 7) is 3.61. The molecule has 1 fully saturated rings. The Morgan fingerprint density at radius 3 is 2.76 bits per heavy atom. The van der Waals surface area contributed by atoms with E-state index in [4.69, 9.17) is 9.15 Å². The van der Waals surface area contributed by atoms with Gasteiger partial charge in [0.1, 0.15) is 10.7 Å². The van der Waals surface area contributed by atoms with Gasteiger partial charge in [0.2, 0.25) is 0 Å². The maximum absolute atomic E-state index is 12.1. The third kappa shape index (κ3) is 5.44. The van der Waals surface area contributed by atoms with Crippen molar-refractivity contribution in [3.8, 4) is 0 Å². The number of amides is 1. The topological polar surface area (TPSA) is 112 Å². The summed E-state index contributed by atoms with van der Waals surface area (Å²) >= 11 is 0. The van der Waals surface area contributed by atoms with Crippen molar-refractivity contribution < 1.29 is 23.7 Å². The average molecular weight is 350 g/mol. The number of hydrogen-bond acceptors (Lipinski definition) is 6. The Labute approximate surface area is 145 Å². The maximum atomic E-state index is 12.1. The van der Waals surface area contributed by atoms with Crippen LogP contribution in [-0.4, -0.2) is 28.9 Å². The van der Waals surface area contributed by atoms with E-state index in [0.717, 1.165) is 25.3 Å². The van der Waals surface area contributed by atoms with Crippen molar-refractivity contribution in [3.05, 3.63) is 34.1 Å². The van der Waals surface area contributed by atoms with Crippen molar-refractivity contribution in [1.82, 2.24) is 5.32 Å². The molecule has 2 rings (SSSR count). The fraction of sp³-hybridized carbons (Fsp3) is 0.529. The molecule has 8 nitrogen and oxygen atoms in total. The Morgan fingerprint density at radius 2 is 2.12 bits per heavy atom. The second kappa shape index (κ2) is 8.46. The summed E-state index contributed by atoms with van der Waals surface area (Å²) in [5, 5.41) is 13.4. The summed E-state index contributed by atoms with van der Waals surface area (Å²) in [7, 11) is 0. The van der Waals surface area contributed by atoms with Crippen molar-refractivity contribution in [2.24, 2.45) is 5.92 Å². The summed E-state index contributed by atoms with van der Waals surface area (Å²) in [5.41, 5.74) is 0. The van der Waals surface area contributed by atoms with Gasteiger partial charge in [-0.15, -0.1) is 0 Å². The second-order valence-corrected chi connectivity index (χ2v) is 6.22. The number of nitrogens with one attached hydrogen (secondary N) is 1. The smallest absolute Gasteiger partial charge is 0.433 e. The molecule has 1 aliphatic carbocycles. The molecule has 1 aromatic heterocycles. The number of carbonyl (C=O) groups excluding carboxylic acids is 2. The van der Waals surface area contributed by atoms with E-state index in [1.165, 1.54) is 31.6 Å². The molecule has 1 N–H and O–H groups in total. The number of nitro groups is 1. The fourth-order valence-electron chi connectivity index (χ4n) is 2.78. The molecule has 3 atom stereocenters. The van der Waals surface area contributed by atoms with Crippen molar-refractivity contribution in [3.63, 3.8) is 0 Å². The number of hydrogen-bond donors (Lipinski definition) is 1. The van der Waals surface area contributed by atoms with Gasteiger partial charge >= 0.3 is 11.9 Å². The van der Waals surface area contributed by atoms with Crippen LogP contribution in [0.25, 0.3) is 6.08 Å². The van der Waals surface area contributed by atoms with Crippen molar-refractivity contribution in [2.75, 3.05) is 0 Å². The van der Waals surface area contributed by atoms with Crippen LogP contribution >= 0.6 is 0 Å². The monoisotopic (exact) mass is 350 g/mol. The molecule has 25 heavy (non-hydrogen) atoms. The van der Waals surface area contributed by atoms with Crippen molar-refractivity contribution >= 4 is 23.8 Å². The van der Waals surface area contributed by atoms with Crippen LogP contribution < -0.4 is 5.32 Å². The number of ether oxygens (including phenoxy) is 1. The number of rotatable bonds is 6. The van der Waals surface area contributed by atoms with Gasteiger partial charge in [-0.3, -0.25) is 14.9 Å². The molecule has 0 saturated heterocycles. The first-order chi connectivity index (χ1) is 11.9. The van der Waals surface area contributed by atoms with Gasteiger partial charge in [0.15, 0.2) is 6.10 Å². The Balaban J connectivity index is 1.82. The van der Waals surface area contributed by atoms with Gasteiger partial charge in [-0.25, -0.2) is 4.79 Å². The van der Waals surface area contributed by atoms with Crippen molar-refractivity contribution in [2.45, 2.75) is 51.7 Å². The highest BCUT2D eigenvalue weighted by atomic mass is 16.6. The number of esters is 1. The van der Waals surface area contributed by atoms with E-state index in [1.807, 2.05) is 0 Å². The minimum Gasteiger partial charge on any atom is -0.449 e. The van der Waals surface area contributed by atoms with Crippen LogP contribution in [0.3, 0.4) is 0 Å². The lowest BCUT2D eigenvalue weighted by molar-refractivity contribution is -0.402. The van der Waals surface area contributed by atoms with E-state index in [-0.39, 0.29) is 17.7 Å². The molecule has 1 heterocycles. The standard InChI is InChI=1S/C17H22N2O6/c1-11-5-3-4-6-14(11)18-17(21)12(2)24-16(20)10-8-13-7-9-15(25-13)19(22)23/h7-12,14H,3-6H2,1-2H3,(H,18,21)/b10-8+/t11-,12+,14-/m0/s1. The van der Waals surface area contributed by atoms with E-state index in [1.54, 1.807) is 0 Å². The van der Waals surface area contributed by atoms with Gasteiger partial charge < -0.3 is 14.5 Å². The zero-order chi connectivity index (χ0) is 18.4. The molecule has 0 aromatic carbocycles. The molecule has 1 aromatic rings. The second-order valence-electron chi connectivity index (χ2n) is 6.22. The minimum atomic E-state index is -0.919. The van der Waals surface area contributed by atoms with Crippen LogP contribution in [0, 0.1) is 16.0 Å². The predicted molar refractivity (Wildman–Crippen MR) is 89.5 cm³/mol. The zero-order valence-electron chi connectivity index (χ0n) is 14.3. The van der Waals surface area contributed by atoms with E-state index in [2.05, 4.69) is 12.2 Å². The largest absolute Gasteiger partial charge is 0.449 e. The summed E-state index contributed by atoms with van der Waals surface area (Å²) < 4.78 is 9.94. The first-order valence-corrected chi connectivity index (χ1v) is 8.30. The quantitative estimate of drug-likeness (QED) is 0.365. The van der Waals surface area contributed by atoms with Crippen LogP contribution in [-0.2, 0) is 14.3 Å². The van der Waals surface area contributed by atoms with E-state index >= 15 is 0 Å². The van der Waals surface area contributed by atoms with Gasteiger partial charge in [-0.05, 0) is 37.8 Å². The third-order valence-corrected chi connectivity index (χ3v) is 4.28. The molecular formula is C17H22N2O6. The normalized spacial score (nSPS) is 21.7. The first kappa shape index (κ1) is 18.7. The highest BCUT2D eigenvalue weighted by molar-refractivity contribution is 5.90. The molecule has 0 unspecified atom stereocenters. The van der Waals surface area contributed by atoms with Crippen LogP contribution in [0.2, 0.25) is 0 Å². The highest BCUT2D eigenvalue weighted by Crippen LogP contribution is 2.23. The molecule has 1 amide bonds. The molecule has 0 radical (unpaired) electrons. The van der Waals surface area contributed by atoms with Gasteiger partial charge in [0, 0.05) is 12.1 Å². The van der Waals surface area contributed by atoms with E-state index in [9.17, 15) is 19.7 Å². The first-order valence-electron chi connectivity index (χ1n) is 8.30. The Hall–Kier alpha value is -2.64. The lowest BCUT2D eigenvalue weighted by atomic mass is 9.86. The Bertz CT molecular complexity index is 666. The molecule has 0 spiro atoms. The van der Waals surface area contributed by atoms with Crippen LogP contribution in [0.1, 0.15) is 45.3 Å². The van der Waals surface area contributed by atoms with Gasteiger partial charge in [0.05, 0.1) is 6.07 Å². The molecule has 136 valence electrons. The molecule has 0 aliphatic heterocycles. The molecule has 1 aliphatic rings. The van der Waals surface area contributed by atoms with Gasteiger partial charge in [-0.2, -0.15) is 0 Å². The number of furan rings is 1. The van der Waals surface area contributed by atoms with E-state index in [0.29, 0.717) is 5.92 Å². The SMILES string of the molecule is C[C@@H](OC(=O)/C=C/c1ccc([N+](=O)[O-])o1)C(=O)N[C@H]1CCCC[C@@H]1C. The van der Waals surface area contributed by atoms with Crippen molar-refractivity contribution in [1.29, 1.82) is 0 Å². The highest BCUT2D eigenvalue weighted by Gasteiger charge is 2.26. The van der Waals surface area contributed by atoms with Gasteiger partial charge in [0.25, 0.3) is 5.91 Å². The predicted octanol–water partition coefficient (Wildman–Crippen LogP) is 2.83. The van der Waals surface area contributed by atoms with Gasteiger partial charge in [-0.1, -0.05) is 19.8 Å². The lowest BCUT2D eigenvalue weighted by Gasteiger charge is -2.30. The Morgan fingerprint density at radius 1 is 1.40 bits per heavy atom. The zero-order valence-corrected chi connectivity index (χ0v) is 14.3. The summed E-state index contributed by atoms with van der Waals surface area (Å²) in [6.07, 6.45) is 5.67. The molecule has 0 bridgehead atoms. The molecule has 1 saturated carbocycles. The Kier molecular flexibility index (Phi) is 6.32. The summed E-state index contributed by atoms with van der Waals surface area (Å²) in [4.78, 5) is 33.7. The minimum absolute atomic E-state index is 0.113. The summed E-state index contributed by atoms with van der Waals surface area (Å²) in [6, 6.07) is 2.66. The van der Waals surface area contributed by atoms with E-state index < -0.39 is 22.9 Å². The number of carbonyl (C=O) groups is 2. The maximum Gasteiger partial charge on any atom is 0.433 e. The average Bonchev–Trinajstić information content (AvgIpc) is 3.04. The fourth-order valence-corrected chi connectivity index (χ4v) is 2.78.